The molecule has 1 saturated heterocycles. The summed E-state index contributed by atoms with van der Waals surface area (Å²) in [6.07, 6.45) is -7.88. The van der Waals surface area contributed by atoms with E-state index in [0.717, 1.165) is 6.07 Å². The van der Waals surface area contributed by atoms with Crippen molar-refractivity contribution in [2.24, 2.45) is 0 Å². The number of aromatic nitrogens is 1. The molecule has 0 saturated carbocycles. The Balaban J connectivity index is 0.000000509. The second kappa shape index (κ2) is 11.2. The number of alkyl halides is 6. The van der Waals surface area contributed by atoms with Crippen molar-refractivity contribution in [1.29, 1.82) is 0 Å². The molecule has 2 aromatic rings. The molecule has 188 valence electrons. The molecular formula is C19H19F6N3O6. The molecule has 0 spiro atoms. The molecule has 1 amide bonds. The van der Waals surface area contributed by atoms with Gasteiger partial charge in [0.25, 0.3) is 5.89 Å². The van der Waals surface area contributed by atoms with E-state index < -0.39 is 24.4 Å². The van der Waals surface area contributed by atoms with Crippen LogP contribution in [0.25, 0.3) is 11.3 Å². The van der Waals surface area contributed by atoms with Gasteiger partial charge >= 0.3 is 24.4 Å². The summed E-state index contributed by atoms with van der Waals surface area (Å²) < 4.78 is 83.1. The molecule has 1 fully saturated rings. The highest BCUT2D eigenvalue weighted by molar-refractivity contribution is 5.90. The van der Waals surface area contributed by atoms with Gasteiger partial charge in [-0.05, 0) is 18.6 Å². The van der Waals surface area contributed by atoms with Crippen LogP contribution < -0.4 is 15.4 Å². The van der Waals surface area contributed by atoms with Crippen molar-refractivity contribution in [1.82, 2.24) is 15.6 Å². The molecule has 0 bridgehead atoms. The van der Waals surface area contributed by atoms with Gasteiger partial charge in [0.2, 0.25) is 0 Å². The number of benzene rings is 1. The van der Waals surface area contributed by atoms with Gasteiger partial charge in [-0.25, -0.2) is 9.78 Å². The first-order valence-electron chi connectivity index (χ1n) is 9.43. The predicted molar refractivity (Wildman–Crippen MR) is 102 cm³/mol. The Bertz CT molecular complexity index is 978. The summed E-state index contributed by atoms with van der Waals surface area (Å²) in [7, 11) is 1.61. The third-order valence-corrected chi connectivity index (χ3v) is 4.22. The second-order valence-electron chi connectivity index (χ2n) is 6.87. The maximum atomic E-state index is 12.3. The molecule has 3 rings (SSSR count). The number of rotatable bonds is 6. The molecule has 3 N–H and O–H groups in total. The summed E-state index contributed by atoms with van der Waals surface area (Å²) in [5.41, 5.74) is 0.311. The van der Waals surface area contributed by atoms with Crippen LogP contribution in [0.1, 0.15) is 17.1 Å². The number of amides is 1. The highest BCUT2D eigenvalue weighted by atomic mass is 19.4. The van der Waals surface area contributed by atoms with Gasteiger partial charge in [-0.15, -0.1) is 13.2 Å². The van der Waals surface area contributed by atoms with Crippen LogP contribution in [-0.4, -0.2) is 66.9 Å². The van der Waals surface area contributed by atoms with Crippen LogP contribution in [0.2, 0.25) is 0 Å². The fraction of sp³-hybridized carbons (Fsp3) is 0.421. The first kappa shape index (κ1) is 26.9. The minimum absolute atomic E-state index is 0.0866. The molecule has 1 aromatic heterocycles. The average Bonchev–Trinajstić information content (AvgIpc) is 3.37. The summed E-state index contributed by atoms with van der Waals surface area (Å²) in [6.45, 7) is 1.15. The Morgan fingerprint density at radius 1 is 1.26 bits per heavy atom. The van der Waals surface area contributed by atoms with Crippen molar-refractivity contribution in [3.8, 4) is 17.1 Å². The largest absolute Gasteiger partial charge is 0.573 e. The molecule has 0 unspecified atom stereocenters. The van der Waals surface area contributed by atoms with Gasteiger partial charge in [-0.2, -0.15) is 13.2 Å². The molecular weight excluding hydrogens is 480 g/mol. The quantitative estimate of drug-likeness (QED) is 0.519. The van der Waals surface area contributed by atoms with Gasteiger partial charge in [0.1, 0.15) is 5.75 Å². The third kappa shape index (κ3) is 8.55. The number of ether oxygens (including phenoxy) is 2. The Labute approximate surface area is 188 Å². The molecule has 0 aliphatic carbocycles. The van der Waals surface area contributed by atoms with Gasteiger partial charge in [-0.1, -0.05) is 12.1 Å². The minimum Gasteiger partial charge on any atom is -0.475 e. The van der Waals surface area contributed by atoms with Crippen molar-refractivity contribution in [3.63, 3.8) is 0 Å². The molecule has 34 heavy (non-hydrogen) atoms. The smallest absolute Gasteiger partial charge is 0.475 e. The van der Waals surface area contributed by atoms with Gasteiger partial charge in [0.15, 0.2) is 5.76 Å². The number of hydrogen-bond donors (Lipinski definition) is 3. The zero-order valence-corrected chi connectivity index (χ0v) is 17.4. The number of carbonyl (C=O) groups is 2. The van der Waals surface area contributed by atoms with E-state index in [1.807, 2.05) is 0 Å². The minimum atomic E-state index is -5.08. The number of methoxy groups -OCH3 is 1. The molecule has 2 atom stereocenters. The molecule has 1 aliphatic rings. The van der Waals surface area contributed by atoms with E-state index in [9.17, 15) is 31.1 Å². The number of hydrogen-bond acceptors (Lipinski definition) is 7. The number of oxazole rings is 1. The number of carboxylic acid groups (broad SMARTS) is 1. The van der Waals surface area contributed by atoms with E-state index in [2.05, 4.69) is 20.4 Å². The van der Waals surface area contributed by atoms with E-state index in [-0.39, 0.29) is 29.5 Å². The first-order valence-corrected chi connectivity index (χ1v) is 9.43. The summed E-state index contributed by atoms with van der Waals surface area (Å²) in [5, 5.41) is 13.2. The van der Waals surface area contributed by atoms with Crippen LogP contribution in [0.5, 0.6) is 5.75 Å². The molecule has 0 radical (unpaired) electrons. The lowest BCUT2D eigenvalue weighted by Crippen LogP contribution is -2.36. The topological polar surface area (TPSA) is 123 Å². The van der Waals surface area contributed by atoms with E-state index in [0.29, 0.717) is 25.1 Å². The van der Waals surface area contributed by atoms with Crippen LogP contribution >= 0.6 is 0 Å². The lowest BCUT2D eigenvalue weighted by atomic mass is 10.2. The highest BCUT2D eigenvalue weighted by Gasteiger charge is 2.38. The Kier molecular flexibility index (Phi) is 8.86. The Hall–Kier alpha value is -3.33. The summed E-state index contributed by atoms with van der Waals surface area (Å²) in [5.74, 6) is -3.64. The molecule has 2 heterocycles. The summed E-state index contributed by atoms with van der Waals surface area (Å²) in [4.78, 5) is 25.1. The normalized spacial score (nSPS) is 18.1. The maximum Gasteiger partial charge on any atom is 0.573 e. The van der Waals surface area contributed by atoms with E-state index in [1.54, 1.807) is 7.11 Å². The lowest BCUT2D eigenvalue weighted by Gasteiger charge is -2.10. The molecule has 1 aliphatic heterocycles. The standard InChI is InChI=1S/C17H18F3N3O4.C2HF3O2/c1-25-9-12-6-11(7-21-12)23-15(24)16-22-8-14(26-16)10-3-2-4-13(5-10)27-17(18,19)20;3-2(4,5)1(6)7/h2-5,8,11-12,21H,6-7,9H2,1H3,(H,23,24);(H,6,7)/t11-,12-;/m1./s1. The van der Waals surface area contributed by atoms with Crippen LogP contribution in [0.15, 0.2) is 34.9 Å². The van der Waals surface area contributed by atoms with Crippen LogP contribution in [0, 0.1) is 0 Å². The number of carboxylic acids is 1. The average molecular weight is 499 g/mol. The molecule has 15 heteroatoms. The lowest BCUT2D eigenvalue weighted by molar-refractivity contribution is -0.274. The SMILES string of the molecule is COC[C@H]1C[C@@H](NC(=O)c2ncc(-c3cccc(OC(F)(F)F)c3)o2)CN1.O=C(O)C(F)(F)F. The summed E-state index contributed by atoms with van der Waals surface area (Å²) >= 11 is 0. The van der Waals surface area contributed by atoms with Crippen LogP contribution in [0.3, 0.4) is 0 Å². The predicted octanol–water partition coefficient (Wildman–Crippen LogP) is 2.98. The number of nitrogens with one attached hydrogen (secondary N) is 2. The van der Waals surface area contributed by atoms with E-state index in [1.165, 1.54) is 24.4 Å². The van der Waals surface area contributed by atoms with Crippen molar-refractivity contribution >= 4 is 11.9 Å². The molecule has 9 nitrogen and oxygen atoms in total. The second-order valence-corrected chi connectivity index (χ2v) is 6.87. The van der Waals surface area contributed by atoms with Crippen LogP contribution in [-0.2, 0) is 9.53 Å². The highest BCUT2D eigenvalue weighted by Crippen LogP contribution is 2.28. The number of aliphatic carboxylic acids is 1. The van der Waals surface area contributed by atoms with Gasteiger partial charge in [0, 0.05) is 31.3 Å². The van der Waals surface area contributed by atoms with Gasteiger partial charge in [-0.3, -0.25) is 4.79 Å². The third-order valence-electron chi connectivity index (χ3n) is 4.22. The van der Waals surface area contributed by atoms with Crippen molar-refractivity contribution < 1.29 is 54.9 Å². The monoisotopic (exact) mass is 499 g/mol. The maximum absolute atomic E-state index is 12.3. The fourth-order valence-corrected chi connectivity index (χ4v) is 2.86. The number of halogens is 6. The van der Waals surface area contributed by atoms with Gasteiger partial charge < -0.3 is 29.6 Å². The fourth-order valence-electron chi connectivity index (χ4n) is 2.86. The molecule has 1 aromatic carbocycles. The number of carbonyl (C=O) groups excluding carboxylic acids is 1. The number of nitrogens with zero attached hydrogens (tertiary/aromatic N) is 1. The summed E-state index contributed by atoms with van der Waals surface area (Å²) in [6, 6.07) is 5.32. The van der Waals surface area contributed by atoms with E-state index in [4.69, 9.17) is 19.1 Å². The Morgan fingerprint density at radius 3 is 2.53 bits per heavy atom. The van der Waals surface area contributed by atoms with Gasteiger partial charge in [0.05, 0.1) is 12.8 Å². The first-order chi connectivity index (χ1) is 15.8. The zero-order valence-electron chi connectivity index (χ0n) is 17.4. The van der Waals surface area contributed by atoms with Crippen molar-refractivity contribution in [2.75, 3.05) is 20.3 Å². The van der Waals surface area contributed by atoms with Crippen LogP contribution in [0.4, 0.5) is 26.3 Å². The van der Waals surface area contributed by atoms with Crippen molar-refractivity contribution in [3.05, 3.63) is 36.4 Å². The Morgan fingerprint density at radius 2 is 1.94 bits per heavy atom. The van der Waals surface area contributed by atoms with Crippen molar-refractivity contribution in [2.45, 2.75) is 31.0 Å². The van der Waals surface area contributed by atoms with E-state index >= 15 is 0 Å². The zero-order chi connectivity index (χ0) is 25.5.